The molecule has 118 valence electrons. The first-order valence-corrected chi connectivity index (χ1v) is 7.46. The van der Waals surface area contributed by atoms with Crippen molar-refractivity contribution < 1.29 is 9.53 Å². The number of hydrogen-bond donors (Lipinski definition) is 1. The van der Waals surface area contributed by atoms with Crippen molar-refractivity contribution in [3.8, 4) is 5.75 Å². The normalized spacial score (nSPS) is 10.5. The summed E-state index contributed by atoms with van der Waals surface area (Å²) in [5.41, 5.74) is 4.12. The molecule has 2 aromatic carbocycles. The summed E-state index contributed by atoms with van der Waals surface area (Å²) in [6, 6.07) is 14.8. The van der Waals surface area contributed by atoms with Crippen molar-refractivity contribution in [1.29, 1.82) is 0 Å². The van der Waals surface area contributed by atoms with E-state index in [1.807, 2.05) is 36.4 Å². The number of nitrogens with one attached hydrogen (secondary N) is 1. The lowest BCUT2D eigenvalue weighted by Crippen LogP contribution is -2.24. The average Bonchev–Trinajstić information content (AvgIpc) is 2.56. The van der Waals surface area contributed by atoms with Gasteiger partial charge in [-0.05, 0) is 24.1 Å². The molecule has 0 spiro atoms. The summed E-state index contributed by atoms with van der Waals surface area (Å²) >= 11 is 5.99. The van der Waals surface area contributed by atoms with Crippen molar-refractivity contribution in [3.05, 3.63) is 77.3 Å². The van der Waals surface area contributed by atoms with E-state index in [9.17, 15) is 4.79 Å². The Morgan fingerprint density at radius 3 is 2.74 bits per heavy atom. The topological polar surface area (TPSA) is 50.7 Å². The molecule has 0 heterocycles. The van der Waals surface area contributed by atoms with Crippen molar-refractivity contribution in [2.45, 2.75) is 6.42 Å². The van der Waals surface area contributed by atoms with Gasteiger partial charge in [-0.25, -0.2) is 5.43 Å². The van der Waals surface area contributed by atoms with E-state index in [0.29, 0.717) is 17.2 Å². The first-order valence-electron chi connectivity index (χ1n) is 7.08. The van der Waals surface area contributed by atoms with Crippen LogP contribution in [0.5, 0.6) is 5.75 Å². The van der Waals surface area contributed by atoms with Gasteiger partial charge in [-0.15, -0.1) is 6.58 Å². The van der Waals surface area contributed by atoms with Gasteiger partial charge in [-0.2, -0.15) is 5.10 Å². The SMILES string of the molecule is C=CCc1ccccc1OCC(=O)N/N=C\c1ccccc1Cl. The molecule has 0 atom stereocenters. The number of halogens is 1. The van der Waals surface area contributed by atoms with E-state index >= 15 is 0 Å². The third kappa shape index (κ3) is 5.27. The predicted molar refractivity (Wildman–Crippen MR) is 93.0 cm³/mol. The molecule has 1 amide bonds. The number of amides is 1. The molecule has 2 rings (SSSR count). The number of hydrazone groups is 1. The molecule has 0 saturated carbocycles. The second-order valence-electron chi connectivity index (χ2n) is 4.70. The highest BCUT2D eigenvalue weighted by atomic mass is 35.5. The number of benzene rings is 2. The summed E-state index contributed by atoms with van der Waals surface area (Å²) in [7, 11) is 0. The van der Waals surface area contributed by atoms with Gasteiger partial charge in [0.2, 0.25) is 0 Å². The summed E-state index contributed by atoms with van der Waals surface area (Å²) in [5, 5.41) is 4.44. The molecule has 5 heteroatoms. The average molecular weight is 329 g/mol. The number of rotatable bonds is 7. The van der Waals surface area contributed by atoms with E-state index in [4.69, 9.17) is 16.3 Å². The van der Waals surface area contributed by atoms with E-state index in [0.717, 1.165) is 11.1 Å². The van der Waals surface area contributed by atoms with Gasteiger partial charge in [0.25, 0.3) is 5.91 Å². The van der Waals surface area contributed by atoms with E-state index in [1.165, 1.54) is 6.21 Å². The minimum absolute atomic E-state index is 0.117. The Balaban J connectivity index is 1.86. The van der Waals surface area contributed by atoms with Crippen LogP contribution in [0.3, 0.4) is 0 Å². The van der Waals surface area contributed by atoms with Crippen LogP contribution in [-0.4, -0.2) is 18.7 Å². The highest BCUT2D eigenvalue weighted by Gasteiger charge is 2.05. The Morgan fingerprint density at radius 2 is 1.96 bits per heavy atom. The molecule has 0 aliphatic rings. The van der Waals surface area contributed by atoms with Crippen LogP contribution in [0.4, 0.5) is 0 Å². The number of carbonyl (C=O) groups excluding carboxylic acids is 1. The van der Waals surface area contributed by atoms with Crippen molar-refractivity contribution in [2.75, 3.05) is 6.61 Å². The van der Waals surface area contributed by atoms with Gasteiger partial charge in [-0.1, -0.05) is 54.1 Å². The van der Waals surface area contributed by atoms with Gasteiger partial charge >= 0.3 is 0 Å². The number of allylic oxidation sites excluding steroid dienone is 1. The van der Waals surface area contributed by atoms with E-state index in [1.54, 1.807) is 18.2 Å². The minimum atomic E-state index is -0.346. The van der Waals surface area contributed by atoms with Crippen LogP contribution in [0.1, 0.15) is 11.1 Å². The largest absolute Gasteiger partial charge is 0.483 e. The summed E-state index contributed by atoms with van der Waals surface area (Å²) < 4.78 is 5.52. The van der Waals surface area contributed by atoms with Crippen LogP contribution in [-0.2, 0) is 11.2 Å². The first kappa shape index (κ1) is 16.8. The van der Waals surface area contributed by atoms with E-state index in [-0.39, 0.29) is 12.5 Å². The number of carbonyl (C=O) groups is 1. The summed E-state index contributed by atoms with van der Waals surface area (Å²) in [5.74, 6) is 0.319. The number of ether oxygens (including phenoxy) is 1. The molecule has 23 heavy (non-hydrogen) atoms. The Morgan fingerprint density at radius 1 is 1.22 bits per heavy atom. The fourth-order valence-corrected chi connectivity index (χ4v) is 2.08. The van der Waals surface area contributed by atoms with Gasteiger partial charge in [0.1, 0.15) is 5.75 Å². The number of nitrogens with zero attached hydrogens (tertiary/aromatic N) is 1. The van der Waals surface area contributed by atoms with Crippen molar-refractivity contribution in [1.82, 2.24) is 5.43 Å². The maximum absolute atomic E-state index is 11.8. The van der Waals surface area contributed by atoms with Crippen LogP contribution in [0.25, 0.3) is 0 Å². The van der Waals surface area contributed by atoms with Gasteiger partial charge in [-0.3, -0.25) is 4.79 Å². The fourth-order valence-electron chi connectivity index (χ4n) is 1.90. The van der Waals surface area contributed by atoms with Gasteiger partial charge in [0, 0.05) is 10.6 Å². The molecule has 0 aliphatic heterocycles. The maximum atomic E-state index is 11.8. The molecule has 0 bridgehead atoms. The molecular formula is C18H17ClN2O2. The molecule has 0 fully saturated rings. The molecule has 0 aliphatic carbocycles. The Hall–Kier alpha value is -2.59. The molecule has 0 aromatic heterocycles. The number of hydrogen-bond acceptors (Lipinski definition) is 3. The van der Waals surface area contributed by atoms with E-state index < -0.39 is 0 Å². The van der Waals surface area contributed by atoms with Crippen LogP contribution >= 0.6 is 11.6 Å². The summed E-state index contributed by atoms with van der Waals surface area (Å²) in [6.07, 6.45) is 3.96. The Labute approximate surface area is 140 Å². The molecular weight excluding hydrogens is 312 g/mol. The lowest BCUT2D eigenvalue weighted by Gasteiger charge is -2.09. The lowest BCUT2D eigenvalue weighted by atomic mass is 10.1. The summed E-state index contributed by atoms with van der Waals surface area (Å²) in [4.78, 5) is 11.8. The number of para-hydroxylation sites is 1. The monoisotopic (exact) mass is 328 g/mol. The molecule has 0 radical (unpaired) electrons. The second-order valence-corrected chi connectivity index (χ2v) is 5.11. The minimum Gasteiger partial charge on any atom is -0.483 e. The third-order valence-corrected chi connectivity index (χ3v) is 3.34. The van der Waals surface area contributed by atoms with Crippen LogP contribution in [0.2, 0.25) is 5.02 Å². The zero-order valence-corrected chi connectivity index (χ0v) is 13.3. The third-order valence-electron chi connectivity index (χ3n) is 2.99. The zero-order chi connectivity index (χ0) is 16.5. The smallest absolute Gasteiger partial charge is 0.277 e. The van der Waals surface area contributed by atoms with Crippen molar-refractivity contribution in [3.63, 3.8) is 0 Å². The van der Waals surface area contributed by atoms with E-state index in [2.05, 4.69) is 17.1 Å². The van der Waals surface area contributed by atoms with Crippen LogP contribution in [0.15, 0.2) is 66.3 Å². The Kier molecular flexibility index (Phi) is 6.39. The lowest BCUT2D eigenvalue weighted by molar-refractivity contribution is -0.123. The molecule has 0 saturated heterocycles. The quantitative estimate of drug-likeness (QED) is 0.479. The molecule has 1 N–H and O–H groups in total. The zero-order valence-electron chi connectivity index (χ0n) is 12.5. The van der Waals surface area contributed by atoms with Crippen LogP contribution in [0, 0.1) is 0 Å². The standard InChI is InChI=1S/C18H17ClN2O2/c1-2-7-14-8-4-6-11-17(14)23-13-18(22)21-20-12-15-9-3-5-10-16(15)19/h2-6,8-12H,1,7,13H2,(H,21,22)/b20-12-. The van der Waals surface area contributed by atoms with Crippen molar-refractivity contribution in [2.24, 2.45) is 5.10 Å². The first-order chi connectivity index (χ1) is 11.2. The van der Waals surface area contributed by atoms with Gasteiger partial charge in [0.05, 0.1) is 6.21 Å². The second kappa shape index (κ2) is 8.76. The molecule has 4 nitrogen and oxygen atoms in total. The van der Waals surface area contributed by atoms with Crippen molar-refractivity contribution >= 4 is 23.7 Å². The summed E-state index contributed by atoms with van der Waals surface area (Å²) in [6.45, 7) is 3.59. The maximum Gasteiger partial charge on any atom is 0.277 e. The Bertz CT molecular complexity index is 714. The highest BCUT2D eigenvalue weighted by Crippen LogP contribution is 2.18. The molecule has 0 unspecified atom stereocenters. The van der Waals surface area contributed by atoms with Crippen LogP contribution < -0.4 is 10.2 Å². The van der Waals surface area contributed by atoms with Gasteiger partial charge < -0.3 is 4.74 Å². The predicted octanol–water partition coefficient (Wildman–Crippen LogP) is 3.60. The molecule has 2 aromatic rings. The van der Waals surface area contributed by atoms with Gasteiger partial charge in [0.15, 0.2) is 6.61 Å². The fraction of sp³-hybridized carbons (Fsp3) is 0.111. The highest BCUT2D eigenvalue weighted by molar-refractivity contribution is 6.33.